The number of rotatable bonds is 11. The first-order valence-electron chi connectivity index (χ1n) is 11.0. The van der Waals surface area contributed by atoms with Crippen LogP contribution in [0.25, 0.3) is 0 Å². The van der Waals surface area contributed by atoms with Crippen molar-refractivity contribution in [3.8, 4) is 0 Å². The van der Waals surface area contributed by atoms with Crippen LogP contribution in [0.2, 0.25) is 0 Å². The van der Waals surface area contributed by atoms with Crippen molar-refractivity contribution in [1.82, 2.24) is 15.5 Å². The molecule has 2 N–H and O–H groups in total. The van der Waals surface area contributed by atoms with Crippen LogP contribution in [0.4, 0.5) is 0 Å². The van der Waals surface area contributed by atoms with Crippen molar-refractivity contribution in [2.75, 3.05) is 52.5 Å². The Morgan fingerprint density at radius 1 is 1.12 bits per heavy atom. The Bertz CT molecular complexity index is 401. The molecule has 0 radical (unpaired) electrons. The van der Waals surface area contributed by atoms with Gasteiger partial charge in [-0.25, -0.2) is 0 Å². The van der Waals surface area contributed by atoms with Crippen molar-refractivity contribution in [1.29, 1.82) is 0 Å². The van der Waals surface area contributed by atoms with Crippen molar-refractivity contribution in [2.45, 2.75) is 65.7 Å². The van der Waals surface area contributed by atoms with E-state index in [1.807, 2.05) is 0 Å². The zero-order valence-electron chi connectivity index (χ0n) is 17.5. The topological polar surface area (TPSA) is 48.9 Å². The van der Waals surface area contributed by atoms with Crippen molar-refractivity contribution < 1.29 is 4.74 Å². The van der Waals surface area contributed by atoms with E-state index in [0.29, 0.717) is 11.3 Å². The van der Waals surface area contributed by atoms with Crippen molar-refractivity contribution in [2.24, 2.45) is 16.3 Å². The Kier molecular flexibility index (Phi) is 9.76. The number of hydrogen-bond donors (Lipinski definition) is 2. The maximum atomic E-state index is 5.63. The molecule has 1 saturated carbocycles. The number of likely N-dealkylation sites (tertiary alicyclic amines) is 1. The number of ether oxygens (including phenoxy) is 1. The fraction of sp³-hybridized carbons (Fsp3) is 0.952. The molecule has 1 aliphatic heterocycles. The van der Waals surface area contributed by atoms with E-state index in [-0.39, 0.29) is 0 Å². The largest absolute Gasteiger partial charge is 0.382 e. The lowest BCUT2D eigenvalue weighted by Crippen LogP contribution is -2.42. The minimum atomic E-state index is 0.360. The predicted octanol–water partition coefficient (Wildman–Crippen LogP) is 3.26. The van der Waals surface area contributed by atoms with Gasteiger partial charge in [0.2, 0.25) is 0 Å². The van der Waals surface area contributed by atoms with Crippen LogP contribution in [0.3, 0.4) is 0 Å². The molecule has 26 heavy (non-hydrogen) atoms. The second-order valence-electron chi connectivity index (χ2n) is 8.34. The normalized spacial score (nSPS) is 21.9. The highest BCUT2D eigenvalue weighted by Crippen LogP contribution is 2.41. The van der Waals surface area contributed by atoms with Gasteiger partial charge in [0.15, 0.2) is 5.96 Å². The average Bonchev–Trinajstić information content (AvgIpc) is 3.30. The van der Waals surface area contributed by atoms with Crippen LogP contribution in [0.1, 0.15) is 65.7 Å². The first-order chi connectivity index (χ1) is 12.7. The lowest BCUT2D eigenvalue weighted by atomic mass is 9.83. The summed E-state index contributed by atoms with van der Waals surface area (Å²) in [4.78, 5) is 7.57. The molecule has 0 aromatic rings. The van der Waals surface area contributed by atoms with E-state index in [4.69, 9.17) is 9.73 Å². The molecule has 5 nitrogen and oxygen atoms in total. The number of hydrogen-bond acceptors (Lipinski definition) is 3. The summed E-state index contributed by atoms with van der Waals surface area (Å²) in [5.74, 6) is 1.64. The molecule has 0 amide bonds. The molecular weight excluding hydrogens is 324 g/mol. The van der Waals surface area contributed by atoms with Gasteiger partial charge in [0, 0.05) is 39.4 Å². The van der Waals surface area contributed by atoms with Crippen LogP contribution in [-0.4, -0.2) is 63.3 Å². The van der Waals surface area contributed by atoms with Crippen LogP contribution in [0, 0.1) is 11.3 Å². The number of guanidine groups is 1. The molecule has 1 saturated heterocycles. The van der Waals surface area contributed by atoms with Crippen molar-refractivity contribution in [3.63, 3.8) is 0 Å². The zero-order valence-corrected chi connectivity index (χ0v) is 17.5. The van der Waals surface area contributed by atoms with Crippen LogP contribution in [0.5, 0.6) is 0 Å². The lowest BCUT2D eigenvalue weighted by molar-refractivity contribution is 0.107. The van der Waals surface area contributed by atoms with Gasteiger partial charge in [-0.05, 0) is 70.4 Å². The molecule has 152 valence electrons. The number of aliphatic imine (C=N–C) groups is 1. The van der Waals surface area contributed by atoms with Gasteiger partial charge in [-0.1, -0.05) is 19.8 Å². The molecule has 0 bridgehead atoms. The third-order valence-electron chi connectivity index (χ3n) is 5.95. The predicted molar refractivity (Wildman–Crippen MR) is 111 cm³/mol. The summed E-state index contributed by atoms with van der Waals surface area (Å²) >= 11 is 0. The molecule has 1 atom stereocenters. The minimum absolute atomic E-state index is 0.360. The van der Waals surface area contributed by atoms with E-state index in [9.17, 15) is 0 Å². The van der Waals surface area contributed by atoms with Gasteiger partial charge in [0.25, 0.3) is 0 Å². The van der Waals surface area contributed by atoms with E-state index < -0.39 is 0 Å². The second kappa shape index (κ2) is 11.8. The quantitative estimate of drug-likeness (QED) is 0.335. The summed E-state index contributed by atoms with van der Waals surface area (Å²) in [5, 5.41) is 7.02. The van der Waals surface area contributed by atoms with Crippen LogP contribution < -0.4 is 10.6 Å². The molecule has 2 rings (SSSR count). The Morgan fingerprint density at radius 2 is 1.85 bits per heavy atom. The monoisotopic (exact) mass is 366 g/mol. The van der Waals surface area contributed by atoms with Crippen LogP contribution >= 0.6 is 0 Å². The van der Waals surface area contributed by atoms with E-state index in [1.54, 1.807) is 0 Å². The summed E-state index contributed by atoms with van der Waals surface area (Å²) in [6.45, 7) is 14.9. The maximum Gasteiger partial charge on any atom is 0.191 e. The third-order valence-corrected chi connectivity index (χ3v) is 5.95. The first kappa shape index (κ1) is 21.5. The van der Waals surface area contributed by atoms with Gasteiger partial charge in [0.1, 0.15) is 0 Å². The summed E-state index contributed by atoms with van der Waals surface area (Å²) < 4.78 is 5.63. The molecule has 1 heterocycles. The third kappa shape index (κ3) is 7.43. The van der Waals surface area contributed by atoms with Gasteiger partial charge in [0.05, 0.1) is 0 Å². The number of nitrogens with zero attached hydrogens (tertiary/aromatic N) is 2. The second-order valence-corrected chi connectivity index (χ2v) is 8.34. The average molecular weight is 367 g/mol. The molecule has 5 heteroatoms. The fourth-order valence-corrected chi connectivity index (χ4v) is 4.38. The Balaban J connectivity index is 1.81. The molecular formula is C21H42N4O. The van der Waals surface area contributed by atoms with E-state index in [2.05, 4.69) is 36.3 Å². The highest BCUT2D eigenvalue weighted by molar-refractivity contribution is 5.79. The Hall–Kier alpha value is -0.810. The van der Waals surface area contributed by atoms with Crippen molar-refractivity contribution >= 4 is 5.96 Å². The highest BCUT2D eigenvalue weighted by Gasteiger charge is 2.33. The molecule has 0 aromatic carbocycles. The summed E-state index contributed by atoms with van der Waals surface area (Å²) in [5.41, 5.74) is 0.360. The number of nitrogens with one attached hydrogen (secondary N) is 2. The molecule has 2 fully saturated rings. The van der Waals surface area contributed by atoms with E-state index in [0.717, 1.165) is 45.2 Å². The summed E-state index contributed by atoms with van der Waals surface area (Å²) in [6.07, 6.45) is 9.18. The minimum Gasteiger partial charge on any atom is -0.382 e. The first-order valence-corrected chi connectivity index (χ1v) is 11.0. The SMILES string of the molecule is CCNC(=NCC1(CCOCC)CCCC1)NCC(C)CN1CCCC1. The highest BCUT2D eigenvalue weighted by atomic mass is 16.5. The smallest absolute Gasteiger partial charge is 0.191 e. The van der Waals surface area contributed by atoms with Crippen LogP contribution in [-0.2, 0) is 4.74 Å². The molecule has 0 spiro atoms. The van der Waals surface area contributed by atoms with E-state index in [1.165, 1.54) is 58.2 Å². The lowest BCUT2D eigenvalue weighted by Gasteiger charge is -2.28. The zero-order chi connectivity index (χ0) is 18.7. The van der Waals surface area contributed by atoms with Gasteiger partial charge < -0.3 is 20.3 Å². The van der Waals surface area contributed by atoms with Gasteiger partial charge in [-0.15, -0.1) is 0 Å². The molecule has 1 unspecified atom stereocenters. The summed E-state index contributed by atoms with van der Waals surface area (Å²) in [7, 11) is 0. The van der Waals surface area contributed by atoms with Crippen LogP contribution in [0.15, 0.2) is 4.99 Å². The van der Waals surface area contributed by atoms with Gasteiger partial charge in [-0.2, -0.15) is 0 Å². The van der Waals surface area contributed by atoms with Gasteiger partial charge >= 0.3 is 0 Å². The van der Waals surface area contributed by atoms with Gasteiger partial charge in [-0.3, -0.25) is 4.99 Å². The molecule has 0 aromatic heterocycles. The maximum absolute atomic E-state index is 5.63. The Labute approximate surface area is 161 Å². The molecule has 1 aliphatic carbocycles. The standard InChI is InChI=1S/C21H42N4O/c1-4-22-20(23-16-19(3)17-25-13-8-9-14-25)24-18-21(10-6-7-11-21)12-15-26-5-2/h19H,4-18H2,1-3H3,(H2,22,23,24). The van der Waals surface area contributed by atoms with E-state index >= 15 is 0 Å². The molecule has 2 aliphatic rings. The fourth-order valence-electron chi connectivity index (χ4n) is 4.38. The van der Waals surface area contributed by atoms with Crippen molar-refractivity contribution in [3.05, 3.63) is 0 Å². The summed E-state index contributed by atoms with van der Waals surface area (Å²) in [6, 6.07) is 0. The Morgan fingerprint density at radius 3 is 2.50 bits per heavy atom.